The molecule has 0 radical (unpaired) electrons. The first kappa shape index (κ1) is 17.1. The van der Waals surface area contributed by atoms with Gasteiger partial charge in [-0.1, -0.05) is 20.8 Å². The van der Waals surface area contributed by atoms with Crippen molar-refractivity contribution in [2.24, 2.45) is 0 Å². The Labute approximate surface area is 131 Å². The summed E-state index contributed by atoms with van der Waals surface area (Å²) in [6, 6.07) is 1.11. The highest BCUT2D eigenvalue weighted by molar-refractivity contribution is 8.33. The summed E-state index contributed by atoms with van der Waals surface area (Å²) in [6.45, 7) is 13.8. The van der Waals surface area contributed by atoms with Crippen LogP contribution in [0.4, 0.5) is 0 Å². The summed E-state index contributed by atoms with van der Waals surface area (Å²) in [4.78, 5) is 16.1. The molecule has 4 nitrogen and oxygen atoms in total. The average Bonchev–Trinajstić information content (AvgIpc) is 2.36. The average molecular weight is 316 g/mol. The van der Waals surface area contributed by atoms with Crippen LogP contribution < -0.4 is 5.32 Å². The zero-order chi connectivity index (χ0) is 15.8. The fourth-order valence-corrected chi connectivity index (χ4v) is 4.86. The SMILES string of the molecule is CC(=O)N1CCN2CC(CS(C)(C)C(C)(C)C)NCC2C1. The van der Waals surface area contributed by atoms with E-state index in [1.165, 1.54) is 5.75 Å². The van der Waals surface area contributed by atoms with Gasteiger partial charge in [0.1, 0.15) is 0 Å². The van der Waals surface area contributed by atoms with E-state index in [1.54, 1.807) is 6.92 Å². The third kappa shape index (κ3) is 3.93. The van der Waals surface area contributed by atoms with Gasteiger partial charge in [0, 0.05) is 51.7 Å². The van der Waals surface area contributed by atoms with Gasteiger partial charge in [0.15, 0.2) is 0 Å². The number of hydrogen-bond acceptors (Lipinski definition) is 3. The molecule has 5 heteroatoms. The molecular formula is C16H33N3OS. The van der Waals surface area contributed by atoms with Crippen molar-refractivity contribution in [2.75, 3.05) is 51.0 Å². The van der Waals surface area contributed by atoms with Crippen LogP contribution in [-0.4, -0.2) is 83.5 Å². The van der Waals surface area contributed by atoms with Gasteiger partial charge in [-0.15, -0.1) is 0 Å². The van der Waals surface area contributed by atoms with Crippen molar-refractivity contribution in [3.63, 3.8) is 0 Å². The lowest BCUT2D eigenvalue weighted by Gasteiger charge is -2.51. The number of carbonyl (C=O) groups is 1. The van der Waals surface area contributed by atoms with E-state index < -0.39 is 10.0 Å². The molecule has 2 unspecified atom stereocenters. The van der Waals surface area contributed by atoms with E-state index >= 15 is 0 Å². The van der Waals surface area contributed by atoms with Crippen molar-refractivity contribution in [1.29, 1.82) is 0 Å². The molecule has 0 aromatic rings. The molecule has 21 heavy (non-hydrogen) atoms. The van der Waals surface area contributed by atoms with Gasteiger partial charge in [0.25, 0.3) is 0 Å². The number of nitrogens with zero attached hydrogens (tertiary/aromatic N) is 2. The topological polar surface area (TPSA) is 35.6 Å². The molecule has 1 amide bonds. The van der Waals surface area contributed by atoms with Gasteiger partial charge in [0.05, 0.1) is 0 Å². The van der Waals surface area contributed by atoms with Crippen LogP contribution in [0.15, 0.2) is 0 Å². The summed E-state index contributed by atoms with van der Waals surface area (Å²) in [5, 5.41) is 3.75. The highest BCUT2D eigenvalue weighted by Crippen LogP contribution is 2.53. The van der Waals surface area contributed by atoms with Crippen molar-refractivity contribution in [1.82, 2.24) is 15.1 Å². The summed E-state index contributed by atoms with van der Waals surface area (Å²) >= 11 is 0. The van der Waals surface area contributed by atoms with Gasteiger partial charge in [-0.3, -0.25) is 9.69 Å². The zero-order valence-electron chi connectivity index (χ0n) is 14.6. The van der Waals surface area contributed by atoms with Crippen molar-refractivity contribution in [2.45, 2.75) is 44.5 Å². The number of fused-ring (bicyclic) bond motifs is 1. The summed E-state index contributed by atoms with van der Waals surface area (Å²) in [5.74, 6) is 1.51. The lowest BCUT2D eigenvalue weighted by atomic mass is 10.1. The van der Waals surface area contributed by atoms with Crippen LogP contribution in [0.25, 0.3) is 0 Å². The third-order valence-corrected chi connectivity index (χ3v) is 9.97. The maximum atomic E-state index is 11.5. The second kappa shape index (κ2) is 6.09. The second-order valence-electron chi connectivity index (χ2n) is 8.04. The number of piperazine rings is 2. The summed E-state index contributed by atoms with van der Waals surface area (Å²) in [7, 11) is -0.613. The Bertz CT molecular complexity index is 391. The number of rotatable bonds is 2. The van der Waals surface area contributed by atoms with Crippen molar-refractivity contribution < 1.29 is 4.79 Å². The van der Waals surface area contributed by atoms with E-state index in [9.17, 15) is 4.79 Å². The van der Waals surface area contributed by atoms with E-state index in [0.717, 1.165) is 32.7 Å². The summed E-state index contributed by atoms with van der Waals surface area (Å²) in [6.07, 6.45) is 4.93. The second-order valence-corrected chi connectivity index (χ2v) is 12.7. The van der Waals surface area contributed by atoms with Gasteiger partial charge in [0.2, 0.25) is 5.91 Å². The molecule has 0 spiro atoms. The van der Waals surface area contributed by atoms with E-state index in [2.05, 4.69) is 43.5 Å². The molecule has 2 fully saturated rings. The first-order valence-electron chi connectivity index (χ1n) is 8.04. The number of nitrogens with one attached hydrogen (secondary N) is 1. The Morgan fingerprint density at radius 1 is 1.24 bits per heavy atom. The van der Waals surface area contributed by atoms with Crippen LogP contribution in [0.2, 0.25) is 0 Å². The molecular weight excluding hydrogens is 282 g/mol. The zero-order valence-corrected chi connectivity index (χ0v) is 15.4. The standard InChI is InChI=1S/C16H33N3OS/c1-13(20)18-7-8-19-10-14(17-9-15(19)11-18)12-21(5,6)16(2,3)4/h14-15,17H,7-12H2,1-6H3. The fourth-order valence-electron chi connectivity index (χ4n) is 3.13. The van der Waals surface area contributed by atoms with Crippen LogP contribution in [0.5, 0.6) is 0 Å². The van der Waals surface area contributed by atoms with Crippen LogP contribution in [-0.2, 0) is 4.79 Å². The van der Waals surface area contributed by atoms with Gasteiger partial charge < -0.3 is 10.2 Å². The molecule has 0 aliphatic carbocycles. The first-order chi connectivity index (χ1) is 9.60. The minimum atomic E-state index is -0.613. The summed E-state index contributed by atoms with van der Waals surface area (Å²) < 4.78 is 0.402. The van der Waals surface area contributed by atoms with Gasteiger partial charge in [-0.25, -0.2) is 10.0 Å². The smallest absolute Gasteiger partial charge is 0.219 e. The van der Waals surface area contributed by atoms with Gasteiger partial charge in [-0.05, 0) is 23.0 Å². The number of hydrogen-bond donors (Lipinski definition) is 1. The first-order valence-corrected chi connectivity index (χ1v) is 10.7. The highest BCUT2D eigenvalue weighted by atomic mass is 32.3. The van der Waals surface area contributed by atoms with Crippen LogP contribution >= 0.6 is 10.0 Å². The van der Waals surface area contributed by atoms with Crippen LogP contribution in [0.3, 0.4) is 0 Å². The predicted molar refractivity (Wildman–Crippen MR) is 93.5 cm³/mol. The van der Waals surface area contributed by atoms with E-state index in [-0.39, 0.29) is 5.91 Å². The molecule has 124 valence electrons. The fraction of sp³-hybridized carbons (Fsp3) is 0.938. The summed E-state index contributed by atoms with van der Waals surface area (Å²) in [5.41, 5.74) is 0. The molecule has 2 aliphatic rings. The maximum Gasteiger partial charge on any atom is 0.219 e. The maximum absolute atomic E-state index is 11.5. The molecule has 1 N–H and O–H groups in total. The van der Waals surface area contributed by atoms with E-state index in [0.29, 0.717) is 16.8 Å². The van der Waals surface area contributed by atoms with E-state index in [1.807, 2.05) is 4.90 Å². The van der Waals surface area contributed by atoms with Gasteiger partial charge in [-0.2, -0.15) is 0 Å². The number of amides is 1. The Kier molecular flexibility index (Phi) is 4.96. The molecule has 0 aromatic carbocycles. The largest absolute Gasteiger partial charge is 0.340 e. The molecule has 2 rings (SSSR count). The van der Waals surface area contributed by atoms with Crippen molar-refractivity contribution in [3.8, 4) is 0 Å². The Morgan fingerprint density at radius 2 is 1.90 bits per heavy atom. The quantitative estimate of drug-likeness (QED) is 0.836. The normalized spacial score (nSPS) is 29.1. The monoisotopic (exact) mass is 315 g/mol. The van der Waals surface area contributed by atoms with E-state index in [4.69, 9.17) is 0 Å². The van der Waals surface area contributed by atoms with Crippen LogP contribution in [0.1, 0.15) is 27.7 Å². The Balaban J connectivity index is 1.91. The Morgan fingerprint density at radius 3 is 2.48 bits per heavy atom. The lowest BCUT2D eigenvalue weighted by molar-refractivity contribution is -0.132. The highest BCUT2D eigenvalue weighted by Gasteiger charge is 2.36. The molecule has 0 aromatic heterocycles. The van der Waals surface area contributed by atoms with Gasteiger partial charge >= 0.3 is 0 Å². The molecule has 0 bridgehead atoms. The molecule has 2 heterocycles. The van der Waals surface area contributed by atoms with Crippen molar-refractivity contribution >= 4 is 15.9 Å². The Hall–Kier alpha value is -0.260. The molecule has 2 saturated heterocycles. The van der Waals surface area contributed by atoms with Crippen molar-refractivity contribution in [3.05, 3.63) is 0 Å². The molecule has 2 atom stereocenters. The molecule has 2 aliphatic heterocycles. The minimum absolute atomic E-state index is 0.218. The number of carbonyl (C=O) groups excluding carboxylic acids is 1. The molecule has 0 saturated carbocycles. The minimum Gasteiger partial charge on any atom is -0.340 e. The lowest BCUT2D eigenvalue weighted by Crippen LogP contribution is -2.65. The van der Waals surface area contributed by atoms with Crippen LogP contribution in [0, 0.1) is 0 Å². The predicted octanol–water partition coefficient (Wildman–Crippen LogP) is 1.35. The third-order valence-electron chi connectivity index (χ3n) is 5.42.